The molecule has 1 N–H and O–H groups in total. The summed E-state index contributed by atoms with van der Waals surface area (Å²) in [6.07, 6.45) is 2.03. The van der Waals surface area contributed by atoms with Crippen molar-refractivity contribution < 1.29 is 4.79 Å². The number of carbonyl (C=O) groups is 1. The van der Waals surface area contributed by atoms with Crippen LogP contribution in [-0.4, -0.2) is 36.9 Å². The summed E-state index contributed by atoms with van der Waals surface area (Å²) in [5.41, 5.74) is 3.46. The van der Waals surface area contributed by atoms with E-state index in [0.29, 0.717) is 22.2 Å². The lowest BCUT2D eigenvalue weighted by atomic mass is 10.0. The zero-order valence-corrected chi connectivity index (χ0v) is 21.1. The van der Waals surface area contributed by atoms with Crippen molar-refractivity contribution in [3.63, 3.8) is 0 Å². The van der Waals surface area contributed by atoms with Crippen molar-refractivity contribution in [3.8, 4) is 5.69 Å². The summed E-state index contributed by atoms with van der Waals surface area (Å²) in [5.74, 6) is 1.23. The van der Waals surface area contributed by atoms with E-state index >= 15 is 0 Å². The van der Waals surface area contributed by atoms with Crippen molar-refractivity contribution in [3.05, 3.63) is 63.9 Å². The number of hydrogen-bond donors (Lipinski definition) is 1. The fraction of sp³-hybridized carbons (Fsp3) is 0.385. The number of nitrogens with one attached hydrogen (secondary N) is 1. The molecule has 0 aliphatic carbocycles. The summed E-state index contributed by atoms with van der Waals surface area (Å²) >= 11 is 1.32. The predicted octanol–water partition coefficient (Wildman–Crippen LogP) is 4.68. The molecule has 1 atom stereocenters. The number of rotatable bonds is 8. The Bertz CT molecular complexity index is 1410. The van der Waals surface area contributed by atoms with Crippen molar-refractivity contribution in [2.45, 2.75) is 58.7 Å². The van der Waals surface area contributed by atoms with Crippen molar-refractivity contribution >= 4 is 34.3 Å². The number of para-hydroxylation sites is 1. The molecule has 2 aromatic carbocycles. The van der Waals surface area contributed by atoms with Gasteiger partial charge in [0.25, 0.3) is 5.56 Å². The van der Waals surface area contributed by atoms with Crippen LogP contribution in [0.5, 0.6) is 0 Å². The van der Waals surface area contributed by atoms with Gasteiger partial charge < -0.3 is 5.32 Å². The molecule has 0 saturated carbocycles. The monoisotopic (exact) mass is 477 g/mol. The van der Waals surface area contributed by atoms with Gasteiger partial charge in [-0.1, -0.05) is 49.9 Å². The van der Waals surface area contributed by atoms with E-state index in [2.05, 4.69) is 29.4 Å². The van der Waals surface area contributed by atoms with Crippen LogP contribution in [0.4, 0.5) is 0 Å². The zero-order valence-electron chi connectivity index (χ0n) is 20.3. The third-order valence-corrected chi connectivity index (χ3v) is 7.06. The molecule has 0 aliphatic heterocycles. The normalized spacial score (nSPS) is 12.5. The number of benzene rings is 2. The van der Waals surface area contributed by atoms with E-state index < -0.39 is 0 Å². The third-order valence-electron chi connectivity index (χ3n) is 6.13. The van der Waals surface area contributed by atoms with Crippen LogP contribution in [-0.2, 0) is 4.79 Å². The lowest BCUT2D eigenvalue weighted by Gasteiger charge is -2.15. The number of thioether (sulfide) groups is 1. The minimum Gasteiger partial charge on any atom is -0.353 e. The largest absolute Gasteiger partial charge is 0.353 e. The van der Waals surface area contributed by atoms with E-state index in [1.807, 2.05) is 67.6 Å². The summed E-state index contributed by atoms with van der Waals surface area (Å²) < 4.78 is 3.49. The highest BCUT2D eigenvalue weighted by Crippen LogP contribution is 2.25. The highest BCUT2D eigenvalue weighted by atomic mass is 32.2. The number of carbonyl (C=O) groups excluding carboxylic acids is 1. The Balaban J connectivity index is 1.72. The van der Waals surface area contributed by atoms with Gasteiger partial charge in [0.15, 0.2) is 5.16 Å². The molecule has 2 aromatic heterocycles. The molecule has 7 nitrogen and oxygen atoms in total. The third kappa shape index (κ3) is 4.73. The number of aryl methyl sites for hydroxylation is 1. The first-order valence-corrected chi connectivity index (χ1v) is 12.6. The first-order valence-electron chi connectivity index (χ1n) is 11.7. The summed E-state index contributed by atoms with van der Waals surface area (Å²) in [4.78, 5) is 26.1. The van der Waals surface area contributed by atoms with E-state index in [9.17, 15) is 9.59 Å². The second-order valence-electron chi connectivity index (χ2n) is 9.22. The highest BCUT2D eigenvalue weighted by molar-refractivity contribution is 7.99. The number of nitrogens with zero attached hydrogens (tertiary/aromatic N) is 4. The van der Waals surface area contributed by atoms with Gasteiger partial charge in [-0.05, 0) is 68.9 Å². The lowest BCUT2D eigenvalue weighted by Crippen LogP contribution is -2.34. The van der Waals surface area contributed by atoms with Gasteiger partial charge in [-0.15, -0.1) is 10.2 Å². The van der Waals surface area contributed by atoms with E-state index in [4.69, 9.17) is 0 Å². The first-order chi connectivity index (χ1) is 16.3. The van der Waals surface area contributed by atoms with Crippen LogP contribution >= 0.6 is 11.8 Å². The van der Waals surface area contributed by atoms with E-state index in [-0.39, 0.29) is 23.3 Å². The van der Waals surface area contributed by atoms with Crippen molar-refractivity contribution in [2.75, 3.05) is 5.75 Å². The predicted molar refractivity (Wildman–Crippen MR) is 138 cm³/mol. The smallest absolute Gasteiger partial charge is 0.267 e. The SMILES string of the molecule is Cc1cccc(-n2c(=O)c3ccccc3n3c(SCC(=O)NC(C)CCC(C)C)nnc23)c1C. The highest BCUT2D eigenvalue weighted by Gasteiger charge is 2.20. The molecule has 0 aliphatic rings. The van der Waals surface area contributed by atoms with Gasteiger partial charge in [0.1, 0.15) is 0 Å². The van der Waals surface area contributed by atoms with Gasteiger partial charge in [0, 0.05) is 6.04 Å². The van der Waals surface area contributed by atoms with Gasteiger partial charge in [0.05, 0.1) is 22.3 Å². The number of hydrogen-bond acceptors (Lipinski definition) is 5. The van der Waals surface area contributed by atoms with Crippen LogP contribution in [0.2, 0.25) is 0 Å². The molecular weight excluding hydrogens is 446 g/mol. The number of amides is 1. The molecule has 34 heavy (non-hydrogen) atoms. The average molecular weight is 478 g/mol. The minimum absolute atomic E-state index is 0.0369. The molecule has 4 rings (SSSR count). The fourth-order valence-electron chi connectivity index (χ4n) is 4.07. The van der Waals surface area contributed by atoms with Crippen LogP contribution in [0.1, 0.15) is 44.7 Å². The van der Waals surface area contributed by atoms with Crippen LogP contribution in [0, 0.1) is 19.8 Å². The standard InChI is InChI=1S/C26H31N5O2S/c1-16(2)13-14-18(4)27-23(32)15-34-26-29-28-25-30(21-12-8-9-17(3)19(21)5)24(33)20-10-6-7-11-22(20)31(25)26/h6-12,16,18H,13-15H2,1-5H3,(H,27,32). The first kappa shape index (κ1) is 24.0. The maximum atomic E-state index is 13.5. The number of fused-ring (bicyclic) bond motifs is 3. The fourth-order valence-corrected chi connectivity index (χ4v) is 4.82. The van der Waals surface area contributed by atoms with Gasteiger partial charge >= 0.3 is 0 Å². The molecule has 8 heteroatoms. The molecule has 1 unspecified atom stereocenters. The summed E-state index contributed by atoms with van der Waals surface area (Å²) in [6.45, 7) is 10.4. The van der Waals surface area contributed by atoms with Gasteiger partial charge in [-0.3, -0.25) is 14.0 Å². The molecule has 0 fully saturated rings. The molecule has 2 heterocycles. The van der Waals surface area contributed by atoms with Gasteiger partial charge in [-0.2, -0.15) is 0 Å². The van der Waals surface area contributed by atoms with E-state index in [1.165, 1.54) is 11.8 Å². The van der Waals surface area contributed by atoms with Crippen LogP contribution < -0.4 is 10.9 Å². The molecule has 0 radical (unpaired) electrons. The summed E-state index contributed by atoms with van der Waals surface area (Å²) in [5, 5.41) is 13.0. The Kier molecular flexibility index (Phi) is 7.07. The second-order valence-corrected chi connectivity index (χ2v) is 10.2. The molecule has 0 spiro atoms. The van der Waals surface area contributed by atoms with E-state index in [0.717, 1.165) is 35.2 Å². The van der Waals surface area contributed by atoms with Crippen LogP contribution in [0.25, 0.3) is 22.4 Å². The van der Waals surface area contributed by atoms with Gasteiger partial charge in [0.2, 0.25) is 11.7 Å². The molecule has 178 valence electrons. The maximum Gasteiger partial charge on any atom is 0.267 e. The van der Waals surface area contributed by atoms with Gasteiger partial charge in [-0.25, -0.2) is 4.57 Å². The Labute approximate surface area is 203 Å². The van der Waals surface area contributed by atoms with E-state index in [1.54, 1.807) is 4.57 Å². The summed E-state index contributed by atoms with van der Waals surface area (Å²) in [7, 11) is 0. The quantitative estimate of drug-likeness (QED) is 0.373. The Hall–Kier alpha value is -3.13. The zero-order chi connectivity index (χ0) is 24.4. The lowest BCUT2D eigenvalue weighted by molar-refractivity contribution is -0.119. The average Bonchev–Trinajstić information content (AvgIpc) is 3.23. The molecular formula is C26H31N5O2S. The second kappa shape index (κ2) is 10.0. The molecule has 0 bridgehead atoms. The summed E-state index contributed by atoms with van der Waals surface area (Å²) in [6, 6.07) is 13.5. The maximum absolute atomic E-state index is 13.5. The number of aromatic nitrogens is 4. The topological polar surface area (TPSA) is 81.3 Å². The van der Waals surface area contributed by atoms with Crippen molar-refractivity contribution in [1.29, 1.82) is 0 Å². The van der Waals surface area contributed by atoms with Crippen molar-refractivity contribution in [1.82, 2.24) is 24.5 Å². The Morgan fingerprint density at radius 3 is 2.56 bits per heavy atom. The van der Waals surface area contributed by atoms with Crippen molar-refractivity contribution in [2.24, 2.45) is 5.92 Å². The molecule has 1 amide bonds. The molecule has 4 aromatic rings. The Morgan fingerprint density at radius 2 is 1.79 bits per heavy atom. The molecule has 0 saturated heterocycles. The van der Waals surface area contributed by atoms with Crippen LogP contribution in [0.3, 0.4) is 0 Å². The Morgan fingerprint density at radius 1 is 1.03 bits per heavy atom. The van der Waals surface area contributed by atoms with Crippen LogP contribution in [0.15, 0.2) is 52.4 Å². The minimum atomic E-state index is -0.141.